The first kappa shape index (κ1) is 16.7. The van der Waals surface area contributed by atoms with E-state index >= 15 is 0 Å². The van der Waals surface area contributed by atoms with Gasteiger partial charge in [-0.3, -0.25) is 9.36 Å². The number of nitrogens with zero attached hydrogens (tertiary/aromatic N) is 4. The number of imidazole rings is 1. The largest absolute Gasteiger partial charge is 0.394 e. The van der Waals surface area contributed by atoms with Crippen LogP contribution in [0.15, 0.2) is 12.7 Å². The number of alkyl halides is 1. The Labute approximate surface area is 136 Å². The summed E-state index contributed by atoms with van der Waals surface area (Å²) in [5, 5.41) is 21.8. The van der Waals surface area contributed by atoms with Crippen molar-refractivity contribution in [1.29, 1.82) is 0 Å². The molecule has 3 heterocycles. The number of carbonyl (C=O) groups is 1. The average molecular weight is 339 g/mol. The standard InChI is InChI=1S/C14H18FN5O4/c1-6(2)13(23)19-11-9-12(17-4-16-11)20(5-18-9)14-10(22)8(15)7(3-21)24-14/h4-8,10,14,21-22H,3H2,1-2H3,(H,16,17,19,23)/t7-,8-,10-,14-/m1/s1. The number of hydrogen-bond donors (Lipinski definition) is 3. The van der Waals surface area contributed by atoms with Gasteiger partial charge >= 0.3 is 0 Å². The van der Waals surface area contributed by atoms with Crippen LogP contribution < -0.4 is 5.32 Å². The predicted molar refractivity (Wildman–Crippen MR) is 80.7 cm³/mol. The smallest absolute Gasteiger partial charge is 0.228 e. The van der Waals surface area contributed by atoms with E-state index in [0.29, 0.717) is 5.52 Å². The molecule has 0 spiro atoms. The highest BCUT2D eigenvalue weighted by Crippen LogP contribution is 2.33. The molecule has 0 aliphatic carbocycles. The van der Waals surface area contributed by atoms with Gasteiger partial charge in [-0.25, -0.2) is 19.3 Å². The quantitative estimate of drug-likeness (QED) is 0.717. The summed E-state index contributed by atoms with van der Waals surface area (Å²) in [6.07, 6.45) is -2.84. The third-order valence-electron chi connectivity index (χ3n) is 3.87. The van der Waals surface area contributed by atoms with E-state index in [1.54, 1.807) is 13.8 Å². The predicted octanol–water partition coefficient (Wildman–Crippen LogP) is 0.00950. The lowest BCUT2D eigenvalue weighted by Gasteiger charge is -2.16. The van der Waals surface area contributed by atoms with Gasteiger partial charge in [-0.05, 0) is 0 Å². The number of hydrogen-bond acceptors (Lipinski definition) is 7. The minimum absolute atomic E-state index is 0.223. The van der Waals surface area contributed by atoms with Gasteiger partial charge in [-0.2, -0.15) is 0 Å². The number of ether oxygens (including phenoxy) is 1. The molecule has 2 aromatic heterocycles. The molecule has 0 aromatic carbocycles. The molecule has 0 saturated carbocycles. The topological polar surface area (TPSA) is 122 Å². The maximum atomic E-state index is 13.9. The van der Waals surface area contributed by atoms with Crippen molar-refractivity contribution < 1.29 is 24.1 Å². The second-order valence-electron chi connectivity index (χ2n) is 5.87. The Balaban J connectivity index is 1.96. The number of halogens is 1. The SMILES string of the molecule is CC(C)C(=O)Nc1ncnc2c1ncn2[C@@H]1O[C@H](CO)[C@@H](F)[C@H]1O. The first-order chi connectivity index (χ1) is 11.4. The lowest BCUT2D eigenvalue weighted by atomic mass is 10.1. The van der Waals surface area contributed by atoms with Gasteiger partial charge in [0.25, 0.3) is 0 Å². The number of nitrogens with one attached hydrogen (secondary N) is 1. The van der Waals surface area contributed by atoms with Crippen molar-refractivity contribution in [3.05, 3.63) is 12.7 Å². The van der Waals surface area contributed by atoms with E-state index in [-0.39, 0.29) is 23.3 Å². The second kappa shape index (κ2) is 6.38. The van der Waals surface area contributed by atoms with Gasteiger partial charge in [0, 0.05) is 5.92 Å². The van der Waals surface area contributed by atoms with Crippen molar-refractivity contribution in [3.63, 3.8) is 0 Å². The molecule has 1 aliphatic rings. The number of aromatic nitrogens is 4. The Morgan fingerprint density at radius 3 is 2.83 bits per heavy atom. The number of carbonyl (C=O) groups excluding carboxylic acids is 1. The van der Waals surface area contributed by atoms with Crippen LogP contribution in [-0.2, 0) is 9.53 Å². The summed E-state index contributed by atoms with van der Waals surface area (Å²) in [5.41, 5.74) is 0.573. The number of anilines is 1. The summed E-state index contributed by atoms with van der Waals surface area (Å²) in [7, 11) is 0. The van der Waals surface area contributed by atoms with E-state index < -0.39 is 31.2 Å². The van der Waals surface area contributed by atoms with Gasteiger partial charge < -0.3 is 20.3 Å². The first-order valence-electron chi connectivity index (χ1n) is 7.51. The van der Waals surface area contributed by atoms with Crippen LogP contribution in [0, 0.1) is 5.92 Å². The molecule has 10 heteroatoms. The van der Waals surface area contributed by atoms with Gasteiger partial charge in [0.05, 0.1) is 12.9 Å². The van der Waals surface area contributed by atoms with Crippen LogP contribution in [0.2, 0.25) is 0 Å². The van der Waals surface area contributed by atoms with E-state index in [2.05, 4.69) is 20.3 Å². The van der Waals surface area contributed by atoms with Crippen LogP contribution in [0.5, 0.6) is 0 Å². The maximum Gasteiger partial charge on any atom is 0.228 e. The lowest BCUT2D eigenvalue weighted by molar-refractivity contribution is -0.118. The lowest BCUT2D eigenvalue weighted by Crippen LogP contribution is -2.29. The van der Waals surface area contributed by atoms with Crippen LogP contribution in [0.3, 0.4) is 0 Å². The summed E-state index contributed by atoms with van der Waals surface area (Å²) < 4.78 is 20.6. The molecule has 2 aromatic rings. The minimum atomic E-state index is -1.72. The summed E-state index contributed by atoms with van der Waals surface area (Å²) in [5.74, 6) is -0.249. The van der Waals surface area contributed by atoms with Crippen molar-refractivity contribution in [2.45, 2.75) is 38.5 Å². The Hall–Kier alpha value is -2.17. The Bertz CT molecular complexity index is 752. The number of aliphatic hydroxyl groups excluding tert-OH is 2. The van der Waals surface area contributed by atoms with Gasteiger partial charge in [-0.1, -0.05) is 13.8 Å². The molecule has 24 heavy (non-hydrogen) atoms. The average Bonchev–Trinajstić information content (AvgIpc) is 3.10. The molecule has 9 nitrogen and oxygen atoms in total. The summed E-state index contributed by atoms with van der Waals surface area (Å²) >= 11 is 0. The van der Waals surface area contributed by atoms with E-state index in [0.717, 1.165) is 0 Å². The molecule has 1 fully saturated rings. The van der Waals surface area contributed by atoms with Gasteiger partial charge in [0.1, 0.15) is 18.5 Å². The van der Waals surface area contributed by atoms with E-state index in [1.165, 1.54) is 17.2 Å². The summed E-state index contributed by atoms with van der Waals surface area (Å²) in [6, 6.07) is 0. The zero-order chi connectivity index (χ0) is 17.4. The molecule has 0 radical (unpaired) electrons. The Morgan fingerprint density at radius 2 is 2.21 bits per heavy atom. The molecule has 3 rings (SSSR count). The molecule has 1 aliphatic heterocycles. The number of aliphatic hydroxyl groups is 2. The van der Waals surface area contributed by atoms with Crippen LogP contribution in [0.25, 0.3) is 11.2 Å². The van der Waals surface area contributed by atoms with Crippen molar-refractivity contribution in [1.82, 2.24) is 19.5 Å². The minimum Gasteiger partial charge on any atom is -0.394 e. The highest BCUT2D eigenvalue weighted by Gasteiger charge is 2.45. The third kappa shape index (κ3) is 2.72. The van der Waals surface area contributed by atoms with Crippen molar-refractivity contribution in [2.24, 2.45) is 5.92 Å². The van der Waals surface area contributed by atoms with Crippen LogP contribution in [0.1, 0.15) is 20.1 Å². The number of fused-ring (bicyclic) bond motifs is 1. The normalized spacial score (nSPS) is 27.1. The van der Waals surface area contributed by atoms with Crippen LogP contribution in [-0.4, -0.2) is 60.6 Å². The number of amides is 1. The molecule has 1 amide bonds. The molecule has 0 bridgehead atoms. The fraction of sp³-hybridized carbons (Fsp3) is 0.571. The Morgan fingerprint density at radius 1 is 1.46 bits per heavy atom. The first-order valence-corrected chi connectivity index (χ1v) is 7.51. The fourth-order valence-electron chi connectivity index (χ4n) is 2.48. The monoisotopic (exact) mass is 339 g/mol. The zero-order valence-corrected chi connectivity index (χ0v) is 13.1. The van der Waals surface area contributed by atoms with E-state index in [9.17, 15) is 14.3 Å². The molecule has 3 N–H and O–H groups in total. The molecule has 0 unspecified atom stereocenters. The summed E-state index contributed by atoms with van der Waals surface area (Å²) in [4.78, 5) is 24.0. The van der Waals surface area contributed by atoms with E-state index in [4.69, 9.17) is 9.84 Å². The van der Waals surface area contributed by atoms with Gasteiger partial charge in [0.15, 0.2) is 29.4 Å². The molecule has 1 saturated heterocycles. The van der Waals surface area contributed by atoms with Crippen molar-refractivity contribution in [2.75, 3.05) is 11.9 Å². The third-order valence-corrected chi connectivity index (χ3v) is 3.87. The van der Waals surface area contributed by atoms with Crippen LogP contribution in [0.4, 0.5) is 10.2 Å². The highest BCUT2D eigenvalue weighted by molar-refractivity contribution is 5.97. The number of rotatable bonds is 4. The molecule has 130 valence electrons. The van der Waals surface area contributed by atoms with Crippen molar-refractivity contribution >= 4 is 22.9 Å². The van der Waals surface area contributed by atoms with E-state index in [1.807, 2.05) is 0 Å². The maximum absolute atomic E-state index is 13.9. The van der Waals surface area contributed by atoms with Crippen molar-refractivity contribution in [3.8, 4) is 0 Å². The van der Waals surface area contributed by atoms with Gasteiger partial charge in [-0.15, -0.1) is 0 Å². The molecule has 4 atom stereocenters. The Kier molecular flexibility index (Phi) is 4.43. The zero-order valence-electron chi connectivity index (χ0n) is 13.1. The molecular weight excluding hydrogens is 321 g/mol. The summed E-state index contributed by atoms with van der Waals surface area (Å²) in [6.45, 7) is 2.93. The molecular formula is C14H18FN5O4. The second-order valence-corrected chi connectivity index (χ2v) is 5.87. The van der Waals surface area contributed by atoms with Crippen LogP contribution >= 0.6 is 0 Å². The van der Waals surface area contributed by atoms with Gasteiger partial charge in [0.2, 0.25) is 5.91 Å². The highest BCUT2D eigenvalue weighted by atomic mass is 19.1. The fourth-order valence-corrected chi connectivity index (χ4v) is 2.48.